The molecule has 2 amide bonds. The van der Waals surface area contributed by atoms with Crippen LogP contribution in [0.1, 0.15) is 6.42 Å². The zero-order chi connectivity index (χ0) is 21.3. The molecule has 31 heavy (non-hydrogen) atoms. The van der Waals surface area contributed by atoms with Crippen molar-refractivity contribution in [1.29, 1.82) is 0 Å². The number of hydrogen-bond donors (Lipinski definition) is 0. The average molecular weight is 463 g/mol. The minimum atomic E-state index is -0.441. The molecular formula is C22H24ClFN4O2S. The van der Waals surface area contributed by atoms with Crippen LogP contribution >= 0.6 is 23.7 Å². The van der Waals surface area contributed by atoms with Crippen LogP contribution in [0.25, 0.3) is 10.2 Å². The molecule has 4 rings (SSSR count). The normalized spacial score (nSPS) is 16.1. The van der Waals surface area contributed by atoms with E-state index < -0.39 is 5.92 Å². The summed E-state index contributed by atoms with van der Waals surface area (Å²) < 4.78 is 14.3. The fourth-order valence-corrected chi connectivity index (χ4v) is 4.57. The fraction of sp³-hybridized carbons (Fsp3) is 0.318. The van der Waals surface area contributed by atoms with Crippen molar-refractivity contribution in [3.8, 4) is 0 Å². The maximum absolute atomic E-state index is 13.6. The second-order valence-corrected chi connectivity index (χ2v) is 8.65. The highest BCUT2D eigenvalue weighted by atomic mass is 35.5. The maximum Gasteiger partial charge on any atom is 0.234 e. The first-order chi connectivity index (χ1) is 14.4. The summed E-state index contributed by atoms with van der Waals surface area (Å²) in [7, 11) is 3.87. The van der Waals surface area contributed by atoms with Crippen LogP contribution in [0.5, 0.6) is 0 Å². The number of aromatic nitrogens is 1. The lowest BCUT2D eigenvalue weighted by Crippen LogP contribution is -2.41. The summed E-state index contributed by atoms with van der Waals surface area (Å²) in [6, 6.07) is 13.8. The number of likely N-dealkylation sites (N-methyl/N-ethyl adjacent to an activating group) is 1. The minimum Gasteiger partial charge on any atom is -0.312 e. The van der Waals surface area contributed by atoms with Gasteiger partial charge in [-0.05, 0) is 44.4 Å². The number of benzene rings is 2. The molecule has 1 atom stereocenters. The van der Waals surface area contributed by atoms with E-state index in [0.29, 0.717) is 35.0 Å². The van der Waals surface area contributed by atoms with Crippen molar-refractivity contribution in [1.82, 2.24) is 9.88 Å². The van der Waals surface area contributed by atoms with Crippen LogP contribution < -0.4 is 9.80 Å². The summed E-state index contributed by atoms with van der Waals surface area (Å²) in [5, 5.41) is 0.535. The van der Waals surface area contributed by atoms with E-state index >= 15 is 0 Å². The van der Waals surface area contributed by atoms with Gasteiger partial charge in [-0.3, -0.25) is 14.5 Å². The van der Waals surface area contributed by atoms with Crippen LogP contribution in [0, 0.1) is 11.7 Å². The van der Waals surface area contributed by atoms with E-state index in [2.05, 4.69) is 4.98 Å². The van der Waals surface area contributed by atoms with Crippen molar-refractivity contribution in [3.63, 3.8) is 0 Å². The monoisotopic (exact) mass is 462 g/mol. The van der Waals surface area contributed by atoms with Crippen molar-refractivity contribution in [2.75, 3.05) is 43.5 Å². The van der Waals surface area contributed by atoms with Gasteiger partial charge < -0.3 is 9.80 Å². The Labute approximate surface area is 190 Å². The van der Waals surface area contributed by atoms with Gasteiger partial charge in [0.05, 0.1) is 16.1 Å². The predicted molar refractivity (Wildman–Crippen MR) is 125 cm³/mol. The number of thiazole rings is 1. The molecule has 1 saturated heterocycles. The topological polar surface area (TPSA) is 56.8 Å². The van der Waals surface area contributed by atoms with Crippen molar-refractivity contribution in [2.45, 2.75) is 6.42 Å². The second kappa shape index (κ2) is 9.72. The van der Waals surface area contributed by atoms with E-state index in [9.17, 15) is 14.0 Å². The van der Waals surface area contributed by atoms with E-state index in [1.807, 2.05) is 49.3 Å². The standard InChI is InChI=1S/C22H23FN4O2S.ClH/c1-25(2)10-11-26(22-24-18-9-8-16(23)13-19(18)30-22)21(29)15-12-20(28)27(14-15)17-6-4-3-5-7-17;/h3-9,13,15H,10-12,14H2,1-2H3;1H. The van der Waals surface area contributed by atoms with E-state index in [0.717, 1.165) is 5.69 Å². The van der Waals surface area contributed by atoms with Crippen LogP contribution in [0.2, 0.25) is 0 Å². The molecule has 1 fully saturated rings. The maximum atomic E-state index is 13.6. The highest BCUT2D eigenvalue weighted by molar-refractivity contribution is 7.22. The first kappa shape index (κ1) is 23.1. The van der Waals surface area contributed by atoms with Gasteiger partial charge in [-0.15, -0.1) is 12.4 Å². The van der Waals surface area contributed by atoms with Gasteiger partial charge in [0.2, 0.25) is 11.8 Å². The molecule has 0 bridgehead atoms. The number of hydrogen-bond acceptors (Lipinski definition) is 5. The molecule has 1 aliphatic rings. The molecule has 6 nitrogen and oxygen atoms in total. The lowest BCUT2D eigenvalue weighted by Gasteiger charge is -2.24. The summed E-state index contributed by atoms with van der Waals surface area (Å²) in [5.41, 5.74) is 1.46. The van der Waals surface area contributed by atoms with Gasteiger partial charge >= 0.3 is 0 Å². The molecule has 2 aromatic carbocycles. The molecule has 1 aliphatic heterocycles. The van der Waals surface area contributed by atoms with Crippen molar-refractivity contribution >= 4 is 56.6 Å². The molecule has 9 heteroatoms. The summed E-state index contributed by atoms with van der Waals surface area (Å²) in [4.78, 5) is 35.9. The molecule has 0 radical (unpaired) electrons. The van der Waals surface area contributed by atoms with Gasteiger partial charge in [0.1, 0.15) is 5.82 Å². The molecule has 2 heterocycles. The van der Waals surface area contributed by atoms with Crippen LogP contribution in [0.15, 0.2) is 48.5 Å². The van der Waals surface area contributed by atoms with Gasteiger partial charge in [-0.2, -0.15) is 0 Å². The van der Waals surface area contributed by atoms with E-state index in [1.54, 1.807) is 15.9 Å². The van der Waals surface area contributed by atoms with Crippen LogP contribution in [-0.2, 0) is 9.59 Å². The molecule has 1 aromatic heterocycles. The predicted octanol–water partition coefficient (Wildman–Crippen LogP) is 3.80. The molecule has 0 saturated carbocycles. The zero-order valence-electron chi connectivity index (χ0n) is 17.3. The van der Waals surface area contributed by atoms with Crippen molar-refractivity contribution in [2.24, 2.45) is 5.92 Å². The second-order valence-electron chi connectivity index (χ2n) is 7.64. The highest BCUT2D eigenvalue weighted by Crippen LogP contribution is 2.32. The number of amides is 2. The molecule has 0 spiro atoms. The third-order valence-electron chi connectivity index (χ3n) is 5.15. The van der Waals surface area contributed by atoms with Crippen molar-refractivity contribution in [3.05, 3.63) is 54.3 Å². The van der Waals surface area contributed by atoms with Gasteiger partial charge in [-0.25, -0.2) is 9.37 Å². The van der Waals surface area contributed by atoms with Crippen LogP contribution in [0.3, 0.4) is 0 Å². The third kappa shape index (κ3) is 5.03. The number of fused-ring (bicyclic) bond motifs is 1. The number of rotatable bonds is 6. The van der Waals surface area contributed by atoms with Crippen LogP contribution in [0.4, 0.5) is 15.2 Å². The van der Waals surface area contributed by atoms with Gasteiger partial charge in [0.25, 0.3) is 0 Å². The Kier molecular flexibility index (Phi) is 7.25. The van der Waals surface area contributed by atoms with E-state index in [1.165, 1.54) is 23.5 Å². The third-order valence-corrected chi connectivity index (χ3v) is 6.19. The Morgan fingerprint density at radius 1 is 1.19 bits per heavy atom. The minimum absolute atomic E-state index is 0. The molecular weight excluding hydrogens is 439 g/mol. The number of halogens is 2. The molecule has 1 unspecified atom stereocenters. The lowest BCUT2D eigenvalue weighted by molar-refractivity contribution is -0.124. The zero-order valence-corrected chi connectivity index (χ0v) is 19.0. The number of anilines is 2. The Hall–Kier alpha value is -2.55. The largest absolute Gasteiger partial charge is 0.312 e. The van der Waals surface area contributed by atoms with Crippen LogP contribution in [-0.4, -0.2) is 55.4 Å². The SMILES string of the molecule is CN(C)CCN(C(=O)C1CC(=O)N(c2ccccc2)C1)c1nc2ccc(F)cc2s1.Cl. The van der Waals surface area contributed by atoms with Gasteiger partial charge in [-0.1, -0.05) is 29.5 Å². The number of carbonyl (C=O) groups excluding carboxylic acids is 2. The quantitative estimate of drug-likeness (QED) is 0.559. The van der Waals surface area contributed by atoms with Gasteiger partial charge in [0.15, 0.2) is 5.13 Å². The number of carbonyl (C=O) groups is 2. The highest BCUT2D eigenvalue weighted by Gasteiger charge is 2.38. The summed E-state index contributed by atoms with van der Waals surface area (Å²) >= 11 is 1.29. The molecule has 0 N–H and O–H groups in total. The lowest BCUT2D eigenvalue weighted by atomic mass is 10.1. The molecule has 3 aromatic rings. The molecule has 0 aliphatic carbocycles. The van der Waals surface area contributed by atoms with Crippen molar-refractivity contribution < 1.29 is 14.0 Å². The summed E-state index contributed by atoms with van der Waals surface area (Å²) in [5.74, 6) is -0.950. The molecule has 164 valence electrons. The Bertz CT molecular complexity index is 1080. The summed E-state index contributed by atoms with van der Waals surface area (Å²) in [6.07, 6.45) is 0.172. The smallest absolute Gasteiger partial charge is 0.234 e. The fourth-order valence-electron chi connectivity index (χ4n) is 3.55. The Morgan fingerprint density at radius 3 is 2.65 bits per heavy atom. The number of nitrogens with zero attached hydrogens (tertiary/aromatic N) is 4. The number of para-hydroxylation sites is 1. The average Bonchev–Trinajstić information content (AvgIpc) is 3.31. The first-order valence-electron chi connectivity index (χ1n) is 9.80. The Morgan fingerprint density at radius 2 is 1.94 bits per heavy atom. The first-order valence-corrected chi connectivity index (χ1v) is 10.6. The van der Waals surface area contributed by atoms with E-state index in [4.69, 9.17) is 0 Å². The Balaban J connectivity index is 0.00000272. The van der Waals surface area contributed by atoms with Gasteiger partial charge in [0, 0.05) is 31.7 Å². The van der Waals surface area contributed by atoms with E-state index in [-0.39, 0.29) is 36.5 Å². The summed E-state index contributed by atoms with van der Waals surface area (Å²) in [6.45, 7) is 1.45.